The number of halogens is 1. The predicted molar refractivity (Wildman–Crippen MR) is 90.1 cm³/mol. The standard InChI is InChI=1S/C16H18ClN3O2/c1-21-14-7-5-13(6-8-14)20-16(18)19-9-10-22-15-4-2-3-12(17)11-15/h2-8,11H,9-10H2,1H3,(H3,18,19,20). The molecule has 0 heterocycles. The fraction of sp³-hybridized carbons (Fsp3) is 0.188. The van der Waals surface area contributed by atoms with Crippen LogP contribution in [0, 0.1) is 0 Å². The molecule has 3 N–H and O–H groups in total. The third-order valence-corrected chi connectivity index (χ3v) is 3.04. The monoisotopic (exact) mass is 319 g/mol. The van der Waals surface area contributed by atoms with Gasteiger partial charge in [0.05, 0.1) is 13.7 Å². The summed E-state index contributed by atoms with van der Waals surface area (Å²) in [7, 11) is 1.62. The molecule has 116 valence electrons. The number of benzene rings is 2. The maximum atomic E-state index is 5.87. The molecule has 0 radical (unpaired) electrons. The van der Waals surface area contributed by atoms with Crippen LogP contribution in [0.15, 0.2) is 53.5 Å². The van der Waals surface area contributed by atoms with Crippen LogP contribution in [0.3, 0.4) is 0 Å². The number of anilines is 1. The number of nitrogens with zero attached hydrogens (tertiary/aromatic N) is 1. The quantitative estimate of drug-likeness (QED) is 0.487. The van der Waals surface area contributed by atoms with Crippen molar-refractivity contribution >= 4 is 23.2 Å². The van der Waals surface area contributed by atoms with Crippen LogP contribution in [0.5, 0.6) is 11.5 Å². The van der Waals surface area contributed by atoms with Gasteiger partial charge in [-0.15, -0.1) is 0 Å². The summed E-state index contributed by atoms with van der Waals surface area (Å²) in [4.78, 5) is 4.19. The van der Waals surface area contributed by atoms with Gasteiger partial charge in [-0.25, -0.2) is 4.99 Å². The van der Waals surface area contributed by atoms with Crippen LogP contribution >= 0.6 is 11.6 Å². The van der Waals surface area contributed by atoms with Crippen molar-refractivity contribution in [3.05, 3.63) is 53.6 Å². The van der Waals surface area contributed by atoms with E-state index in [1.807, 2.05) is 36.4 Å². The molecule has 0 bridgehead atoms. The molecule has 0 atom stereocenters. The molecular formula is C16H18ClN3O2. The highest BCUT2D eigenvalue weighted by Gasteiger charge is 1.97. The molecule has 0 fully saturated rings. The topological polar surface area (TPSA) is 68.9 Å². The van der Waals surface area contributed by atoms with E-state index in [9.17, 15) is 0 Å². The highest BCUT2D eigenvalue weighted by molar-refractivity contribution is 6.30. The number of ether oxygens (including phenoxy) is 2. The molecule has 0 saturated carbocycles. The summed E-state index contributed by atoms with van der Waals surface area (Å²) in [5.41, 5.74) is 6.66. The van der Waals surface area contributed by atoms with Gasteiger partial charge in [0.25, 0.3) is 0 Å². The largest absolute Gasteiger partial charge is 0.497 e. The number of methoxy groups -OCH3 is 1. The number of hydrogen-bond acceptors (Lipinski definition) is 3. The number of hydrogen-bond donors (Lipinski definition) is 2. The smallest absolute Gasteiger partial charge is 0.193 e. The molecule has 2 aromatic carbocycles. The SMILES string of the molecule is COc1ccc(NC(N)=NCCOc2cccc(Cl)c2)cc1. The van der Waals surface area contributed by atoms with Crippen molar-refractivity contribution < 1.29 is 9.47 Å². The van der Waals surface area contributed by atoms with Crippen molar-refractivity contribution in [1.82, 2.24) is 0 Å². The molecular weight excluding hydrogens is 302 g/mol. The molecule has 22 heavy (non-hydrogen) atoms. The molecule has 0 saturated heterocycles. The normalized spacial score (nSPS) is 11.1. The van der Waals surface area contributed by atoms with Crippen molar-refractivity contribution in [1.29, 1.82) is 0 Å². The molecule has 6 heteroatoms. The molecule has 0 spiro atoms. The van der Waals surface area contributed by atoms with Crippen molar-refractivity contribution in [2.24, 2.45) is 10.7 Å². The fourth-order valence-electron chi connectivity index (χ4n) is 1.75. The summed E-state index contributed by atoms with van der Waals surface area (Å²) in [5, 5.41) is 3.64. The zero-order valence-corrected chi connectivity index (χ0v) is 13.0. The van der Waals surface area contributed by atoms with Gasteiger partial charge in [0.1, 0.15) is 18.1 Å². The minimum atomic E-state index is 0.333. The summed E-state index contributed by atoms with van der Waals surface area (Å²) in [6, 6.07) is 14.6. The Labute approximate surface area is 134 Å². The van der Waals surface area contributed by atoms with Crippen molar-refractivity contribution in [2.45, 2.75) is 0 Å². The molecule has 2 aromatic rings. The van der Waals surface area contributed by atoms with Gasteiger partial charge >= 0.3 is 0 Å². The van der Waals surface area contributed by atoms with Crippen LogP contribution in [-0.2, 0) is 0 Å². The number of nitrogens with two attached hydrogens (primary N) is 1. The molecule has 0 aliphatic heterocycles. The van der Waals surface area contributed by atoms with Crippen LogP contribution in [0.1, 0.15) is 0 Å². The molecule has 0 aliphatic rings. The van der Waals surface area contributed by atoms with Crippen molar-refractivity contribution in [2.75, 3.05) is 25.6 Å². The lowest BCUT2D eigenvalue weighted by atomic mass is 10.3. The summed E-state index contributed by atoms with van der Waals surface area (Å²) in [5.74, 6) is 1.83. The van der Waals surface area contributed by atoms with Gasteiger partial charge in [-0.3, -0.25) is 0 Å². The van der Waals surface area contributed by atoms with E-state index in [0.29, 0.717) is 29.9 Å². The van der Waals surface area contributed by atoms with Crippen LogP contribution in [0.4, 0.5) is 5.69 Å². The highest BCUT2D eigenvalue weighted by Crippen LogP contribution is 2.17. The summed E-state index contributed by atoms with van der Waals surface area (Å²) in [6.45, 7) is 0.868. The molecule has 0 aromatic heterocycles. The number of nitrogens with one attached hydrogen (secondary N) is 1. The first-order valence-corrected chi connectivity index (χ1v) is 7.14. The first kappa shape index (κ1) is 16.0. The Bertz CT molecular complexity index is 630. The van der Waals surface area contributed by atoms with Gasteiger partial charge in [0.2, 0.25) is 0 Å². The van der Waals surface area contributed by atoms with Gasteiger partial charge in [-0.1, -0.05) is 17.7 Å². The van der Waals surface area contributed by atoms with E-state index < -0.39 is 0 Å². The maximum Gasteiger partial charge on any atom is 0.193 e. The van der Waals surface area contributed by atoms with E-state index in [0.717, 1.165) is 11.4 Å². The Kier molecular flexibility index (Phi) is 5.91. The summed E-state index contributed by atoms with van der Waals surface area (Å²) < 4.78 is 10.6. The zero-order chi connectivity index (χ0) is 15.8. The molecule has 0 aliphatic carbocycles. The lowest BCUT2D eigenvalue weighted by Crippen LogP contribution is -2.23. The second kappa shape index (κ2) is 8.14. The highest BCUT2D eigenvalue weighted by atomic mass is 35.5. The second-order valence-corrected chi connectivity index (χ2v) is 4.86. The zero-order valence-electron chi connectivity index (χ0n) is 12.3. The van der Waals surface area contributed by atoms with Gasteiger partial charge in [0, 0.05) is 10.7 Å². The second-order valence-electron chi connectivity index (χ2n) is 4.43. The third-order valence-electron chi connectivity index (χ3n) is 2.80. The number of aliphatic imine (C=N–C) groups is 1. The van der Waals surface area contributed by atoms with Gasteiger partial charge in [-0.2, -0.15) is 0 Å². The predicted octanol–water partition coefficient (Wildman–Crippen LogP) is 3.15. The lowest BCUT2D eigenvalue weighted by molar-refractivity contribution is 0.329. The van der Waals surface area contributed by atoms with Gasteiger partial charge < -0.3 is 20.5 Å². The summed E-state index contributed by atoms with van der Waals surface area (Å²) >= 11 is 5.87. The van der Waals surface area contributed by atoms with E-state index in [2.05, 4.69) is 10.3 Å². The van der Waals surface area contributed by atoms with Crippen molar-refractivity contribution in [3.63, 3.8) is 0 Å². The Morgan fingerprint density at radius 3 is 2.64 bits per heavy atom. The fourth-order valence-corrected chi connectivity index (χ4v) is 1.93. The first-order chi connectivity index (χ1) is 10.7. The van der Waals surface area contributed by atoms with E-state index in [4.69, 9.17) is 26.8 Å². The number of guanidine groups is 1. The average molecular weight is 320 g/mol. The van der Waals surface area contributed by atoms with Crippen molar-refractivity contribution in [3.8, 4) is 11.5 Å². The van der Waals surface area contributed by atoms with E-state index in [-0.39, 0.29) is 0 Å². The summed E-state index contributed by atoms with van der Waals surface area (Å²) in [6.07, 6.45) is 0. The Hall–Kier alpha value is -2.40. The third kappa shape index (κ3) is 5.18. The number of rotatable bonds is 6. The van der Waals surface area contributed by atoms with E-state index >= 15 is 0 Å². The minimum absolute atomic E-state index is 0.333. The average Bonchev–Trinajstić information content (AvgIpc) is 2.52. The Balaban J connectivity index is 1.77. The van der Waals surface area contributed by atoms with Crippen LogP contribution in [0.2, 0.25) is 5.02 Å². The molecule has 5 nitrogen and oxygen atoms in total. The van der Waals surface area contributed by atoms with Crippen LogP contribution in [-0.4, -0.2) is 26.2 Å². The molecule has 2 rings (SSSR count). The van der Waals surface area contributed by atoms with Gasteiger partial charge in [-0.05, 0) is 42.5 Å². The molecule has 0 amide bonds. The Morgan fingerprint density at radius 1 is 1.18 bits per heavy atom. The van der Waals surface area contributed by atoms with Crippen LogP contribution < -0.4 is 20.5 Å². The maximum absolute atomic E-state index is 5.87. The van der Waals surface area contributed by atoms with E-state index in [1.165, 1.54) is 0 Å². The van der Waals surface area contributed by atoms with E-state index in [1.54, 1.807) is 19.2 Å². The molecule has 0 unspecified atom stereocenters. The lowest BCUT2D eigenvalue weighted by Gasteiger charge is -2.07. The van der Waals surface area contributed by atoms with Crippen LogP contribution in [0.25, 0.3) is 0 Å². The van der Waals surface area contributed by atoms with Gasteiger partial charge in [0.15, 0.2) is 5.96 Å². The Morgan fingerprint density at radius 2 is 1.95 bits per heavy atom. The first-order valence-electron chi connectivity index (χ1n) is 6.77. The minimum Gasteiger partial charge on any atom is -0.497 e.